The standard InChI is InChI=1S/C14H22N6/c1-4-10(2)14-16-9-7-13(17-14)15-8-5-6-12-11(3)18-20-19-12/h7,9-10H,4-6,8H2,1-3H3,(H,15,16,17)(H,18,19,20). The molecule has 108 valence electrons. The molecule has 0 bridgehead atoms. The van der Waals surface area contributed by atoms with Crippen molar-refractivity contribution in [3.8, 4) is 0 Å². The van der Waals surface area contributed by atoms with Gasteiger partial charge in [-0.2, -0.15) is 15.4 Å². The molecule has 0 spiro atoms. The summed E-state index contributed by atoms with van der Waals surface area (Å²) < 4.78 is 0. The van der Waals surface area contributed by atoms with E-state index in [1.54, 1.807) is 0 Å². The minimum Gasteiger partial charge on any atom is -0.370 e. The van der Waals surface area contributed by atoms with Gasteiger partial charge in [0.15, 0.2) is 0 Å². The van der Waals surface area contributed by atoms with Gasteiger partial charge in [0.05, 0.1) is 11.4 Å². The molecule has 2 N–H and O–H groups in total. The lowest BCUT2D eigenvalue weighted by Crippen LogP contribution is -2.08. The molecule has 20 heavy (non-hydrogen) atoms. The zero-order chi connectivity index (χ0) is 14.4. The predicted molar refractivity (Wildman–Crippen MR) is 78.7 cm³/mol. The number of aryl methyl sites for hydroxylation is 2. The SMILES string of the molecule is CCC(C)c1nccc(NCCCc2n[nH]nc2C)n1. The van der Waals surface area contributed by atoms with Gasteiger partial charge in [0.1, 0.15) is 11.6 Å². The average Bonchev–Trinajstić information content (AvgIpc) is 2.88. The van der Waals surface area contributed by atoms with E-state index in [4.69, 9.17) is 0 Å². The van der Waals surface area contributed by atoms with Crippen LogP contribution in [0, 0.1) is 6.92 Å². The molecule has 6 heteroatoms. The molecule has 0 saturated carbocycles. The summed E-state index contributed by atoms with van der Waals surface area (Å²) in [5.74, 6) is 2.20. The van der Waals surface area contributed by atoms with Crippen LogP contribution >= 0.6 is 0 Å². The zero-order valence-corrected chi connectivity index (χ0v) is 12.3. The normalized spacial score (nSPS) is 12.3. The van der Waals surface area contributed by atoms with Crippen LogP contribution in [0.3, 0.4) is 0 Å². The predicted octanol–water partition coefficient (Wildman–Crippen LogP) is 2.46. The number of nitrogens with one attached hydrogen (secondary N) is 2. The Bertz CT molecular complexity index is 536. The van der Waals surface area contributed by atoms with Crippen LogP contribution in [0.5, 0.6) is 0 Å². The molecular formula is C14H22N6. The highest BCUT2D eigenvalue weighted by molar-refractivity contribution is 5.33. The minimum absolute atomic E-state index is 0.398. The maximum absolute atomic E-state index is 4.54. The van der Waals surface area contributed by atoms with Crippen LogP contribution in [0.25, 0.3) is 0 Å². The molecule has 0 aliphatic heterocycles. The summed E-state index contributed by atoms with van der Waals surface area (Å²) in [4.78, 5) is 8.86. The number of aromatic nitrogens is 5. The van der Waals surface area contributed by atoms with Crippen molar-refractivity contribution in [2.45, 2.75) is 46.0 Å². The summed E-state index contributed by atoms with van der Waals surface area (Å²) in [6.45, 7) is 7.12. The van der Waals surface area contributed by atoms with E-state index in [2.05, 4.69) is 44.5 Å². The van der Waals surface area contributed by atoms with Crippen LogP contribution in [-0.2, 0) is 6.42 Å². The van der Waals surface area contributed by atoms with Crippen molar-refractivity contribution in [2.24, 2.45) is 0 Å². The van der Waals surface area contributed by atoms with Gasteiger partial charge in [-0.15, -0.1) is 0 Å². The monoisotopic (exact) mass is 274 g/mol. The topological polar surface area (TPSA) is 79.4 Å². The Morgan fingerprint density at radius 2 is 2.20 bits per heavy atom. The van der Waals surface area contributed by atoms with Gasteiger partial charge < -0.3 is 5.32 Å². The van der Waals surface area contributed by atoms with E-state index < -0.39 is 0 Å². The fourth-order valence-electron chi connectivity index (χ4n) is 1.91. The molecule has 0 saturated heterocycles. The lowest BCUT2D eigenvalue weighted by atomic mass is 10.1. The highest BCUT2D eigenvalue weighted by Gasteiger charge is 2.07. The second-order valence-corrected chi connectivity index (χ2v) is 5.00. The summed E-state index contributed by atoms with van der Waals surface area (Å²) in [5.41, 5.74) is 2.01. The zero-order valence-electron chi connectivity index (χ0n) is 12.3. The summed E-state index contributed by atoms with van der Waals surface area (Å²) >= 11 is 0. The Morgan fingerprint density at radius 3 is 2.90 bits per heavy atom. The van der Waals surface area contributed by atoms with E-state index in [1.807, 2.05) is 19.2 Å². The number of hydrogen-bond donors (Lipinski definition) is 2. The molecule has 0 aliphatic rings. The van der Waals surface area contributed by atoms with E-state index in [1.165, 1.54) is 0 Å². The molecule has 2 aromatic rings. The summed E-state index contributed by atoms with van der Waals surface area (Å²) in [7, 11) is 0. The van der Waals surface area contributed by atoms with Gasteiger partial charge in [-0.25, -0.2) is 9.97 Å². The van der Waals surface area contributed by atoms with Crippen molar-refractivity contribution in [3.63, 3.8) is 0 Å². The van der Waals surface area contributed by atoms with Crippen molar-refractivity contribution in [3.05, 3.63) is 29.5 Å². The minimum atomic E-state index is 0.398. The van der Waals surface area contributed by atoms with Crippen LogP contribution < -0.4 is 5.32 Å². The molecule has 2 heterocycles. The molecule has 0 aromatic carbocycles. The fourth-order valence-corrected chi connectivity index (χ4v) is 1.91. The van der Waals surface area contributed by atoms with Crippen LogP contribution in [0.1, 0.15) is 49.8 Å². The molecule has 1 atom stereocenters. The van der Waals surface area contributed by atoms with Gasteiger partial charge in [-0.1, -0.05) is 13.8 Å². The largest absolute Gasteiger partial charge is 0.370 e. The highest BCUT2D eigenvalue weighted by atomic mass is 15.3. The Balaban J connectivity index is 1.81. The average molecular weight is 274 g/mol. The van der Waals surface area contributed by atoms with Gasteiger partial charge in [-0.05, 0) is 32.3 Å². The first-order valence-corrected chi connectivity index (χ1v) is 7.13. The second kappa shape index (κ2) is 6.98. The van der Waals surface area contributed by atoms with Crippen molar-refractivity contribution < 1.29 is 0 Å². The van der Waals surface area contributed by atoms with E-state index in [-0.39, 0.29) is 0 Å². The molecule has 2 rings (SSSR count). The van der Waals surface area contributed by atoms with Crippen LogP contribution in [0.2, 0.25) is 0 Å². The maximum Gasteiger partial charge on any atom is 0.133 e. The third kappa shape index (κ3) is 3.76. The number of anilines is 1. The lowest BCUT2D eigenvalue weighted by Gasteiger charge is -2.09. The van der Waals surface area contributed by atoms with Gasteiger partial charge in [0, 0.05) is 18.7 Å². The maximum atomic E-state index is 4.54. The van der Waals surface area contributed by atoms with Crippen LogP contribution in [0.15, 0.2) is 12.3 Å². The van der Waals surface area contributed by atoms with Gasteiger partial charge >= 0.3 is 0 Å². The van der Waals surface area contributed by atoms with E-state index in [0.717, 1.165) is 48.8 Å². The molecule has 0 amide bonds. The van der Waals surface area contributed by atoms with Crippen LogP contribution in [0.4, 0.5) is 5.82 Å². The Hall–Kier alpha value is -1.98. The van der Waals surface area contributed by atoms with Crippen molar-refractivity contribution in [1.29, 1.82) is 0 Å². The molecule has 2 aromatic heterocycles. The molecule has 0 fully saturated rings. The van der Waals surface area contributed by atoms with Gasteiger partial charge in [0.25, 0.3) is 0 Å². The number of rotatable bonds is 7. The summed E-state index contributed by atoms with van der Waals surface area (Å²) in [6, 6.07) is 1.91. The van der Waals surface area contributed by atoms with Crippen molar-refractivity contribution in [2.75, 3.05) is 11.9 Å². The molecule has 6 nitrogen and oxygen atoms in total. The third-order valence-electron chi connectivity index (χ3n) is 3.44. The van der Waals surface area contributed by atoms with E-state index in [0.29, 0.717) is 5.92 Å². The number of H-pyrrole nitrogens is 1. The molecule has 1 unspecified atom stereocenters. The first-order chi connectivity index (χ1) is 9.70. The van der Waals surface area contributed by atoms with E-state index in [9.17, 15) is 0 Å². The molecule has 0 aliphatic carbocycles. The second-order valence-electron chi connectivity index (χ2n) is 5.00. The summed E-state index contributed by atoms with van der Waals surface area (Å²) in [6.07, 6.45) is 4.78. The number of aromatic amines is 1. The fraction of sp³-hybridized carbons (Fsp3) is 0.571. The van der Waals surface area contributed by atoms with Crippen molar-refractivity contribution >= 4 is 5.82 Å². The quantitative estimate of drug-likeness (QED) is 0.758. The lowest BCUT2D eigenvalue weighted by molar-refractivity contribution is 0.678. The third-order valence-corrected chi connectivity index (χ3v) is 3.44. The number of hydrogen-bond acceptors (Lipinski definition) is 5. The first kappa shape index (κ1) is 14.4. The highest BCUT2D eigenvalue weighted by Crippen LogP contribution is 2.15. The molecular weight excluding hydrogens is 252 g/mol. The smallest absolute Gasteiger partial charge is 0.133 e. The first-order valence-electron chi connectivity index (χ1n) is 7.13. The Labute approximate surface area is 119 Å². The summed E-state index contributed by atoms with van der Waals surface area (Å²) in [5, 5.41) is 14.1. The number of nitrogens with zero attached hydrogens (tertiary/aromatic N) is 4. The van der Waals surface area contributed by atoms with Crippen molar-refractivity contribution in [1.82, 2.24) is 25.4 Å². The Morgan fingerprint density at radius 1 is 1.35 bits per heavy atom. The van der Waals surface area contributed by atoms with Crippen LogP contribution in [-0.4, -0.2) is 31.9 Å². The van der Waals surface area contributed by atoms with Gasteiger partial charge in [-0.3, -0.25) is 0 Å². The molecule has 0 radical (unpaired) electrons. The van der Waals surface area contributed by atoms with Gasteiger partial charge in [0.2, 0.25) is 0 Å². The van der Waals surface area contributed by atoms with E-state index >= 15 is 0 Å². The Kier molecular flexibility index (Phi) is 5.03.